The molecule has 0 atom stereocenters. The van der Waals surface area contributed by atoms with Crippen LogP contribution >= 0.6 is 0 Å². The Hall–Kier alpha value is -5.19. The first-order valence-electron chi connectivity index (χ1n) is 14.5. The molecule has 2 aromatic carbocycles. The topological polar surface area (TPSA) is 152 Å². The zero-order valence-electron chi connectivity index (χ0n) is 26.6. The molecule has 4 N–H and O–H groups in total. The van der Waals surface area contributed by atoms with E-state index in [1.54, 1.807) is 6.20 Å². The first kappa shape index (κ1) is 40.0. The summed E-state index contributed by atoms with van der Waals surface area (Å²) in [6.45, 7) is 6.19. The molecule has 0 aliphatic carbocycles. The summed E-state index contributed by atoms with van der Waals surface area (Å²) in [4.78, 5) is 50.9. The number of halogens is 6. The van der Waals surface area contributed by atoms with Crippen LogP contribution in [0, 0.1) is 6.92 Å². The highest BCUT2D eigenvalue weighted by Crippen LogP contribution is 2.24. The summed E-state index contributed by atoms with van der Waals surface area (Å²) in [6.07, 6.45) is -6.33. The van der Waals surface area contributed by atoms with Crippen molar-refractivity contribution in [2.75, 3.05) is 35.7 Å². The number of aliphatic carboxylic acids is 2. The maximum atomic E-state index is 12.6. The maximum Gasteiger partial charge on any atom is 0.490 e. The molecule has 2 heterocycles. The minimum atomic E-state index is -5.08. The van der Waals surface area contributed by atoms with Gasteiger partial charge in [-0.15, -0.1) is 0 Å². The quantitative estimate of drug-likeness (QED) is 0.219. The number of amides is 2. The maximum absolute atomic E-state index is 12.6. The van der Waals surface area contributed by atoms with Gasteiger partial charge in [-0.3, -0.25) is 14.5 Å². The van der Waals surface area contributed by atoms with E-state index in [0.29, 0.717) is 11.6 Å². The molecule has 4 rings (SSSR count). The van der Waals surface area contributed by atoms with Gasteiger partial charge in [0.15, 0.2) is 0 Å². The van der Waals surface area contributed by atoms with Gasteiger partial charge in [0.2, 0.25) is 5.91 Å². The fourth-order valence-corrected chi connectivity index (χ4v) is 4.51. The third kappa shape index (κ3) is 14.2. The number of aromatic nitrogens is 1. The molecule has 1 aliphatic heterocycles. The molecule has 266 valence electrons. The molecule has 0 unspecified atom stereocenters. The normalized spacial score (nSPS) is 13.3. The van der Waals surface area contributed by atoms with E-state index < -0.39 is 24.3 Å². The van der Waals surface area contributed by atoms with Crippen LogP contribution in [0.1, 0.15) is 41.3 Å². The van der Waals surface area contributed by atoms with Gasteiger partial charge < -0.3 is 25.7 Å². The molecule has 3 aromatic rings. The average Bonchev–Trinajstić information content (AvgIpc) is 3.01. The number of aryl methyl sites for hydroxylation is 1. The molecule has 0 saturated carbocycles. The number of carbonyl (C=O) groups excluding carboxylic acids is 2. The zero-order valence-corrected chi connectivity index (χ0v) is 26.6. The Bertz CT molecular complexity index is 1550. The van der Waals surface area contributed by atoms with Gasteiger partial charge in [-0.25, -0.2) is 14.6 Å². The van der Waals surface area contributed by atoms with Crippen LogP contribution in [0.25, 0.3) is 0 Å². The summed E-state index contributed by atoms with van der Waals surface area (Å²) >= 11 is 0. The first-order chi connectivity index (χ1) is 22.8. The standard InChI is InChI=1S/C28H33N5O2.2C2HF3O2/c1-20-5-4-6-23(17-20)28(35)31-25-11-14-29-27(18-25)33-15-12-26(13-16-33)32(3)19-22-7-9-24(10-8-22)30-21(2)34;2*3-2(4,5)1(6)7/h4-11,14,17-18,26H,12-13,15-16,19H2,1-3H3,(H,30,34)(H,29,31,35);2*(H,6,7). The summed E-state index contributed by atoms with van der Waals surface area (Å²) < 4.78 is 63.5. The predicted molar refractivity (Wildman–Crippen MR) is 168 cm³/mol. The fourth-order valence-electron chi connectivity index (χ4n) is 4.51. The van der Waals surface area contributed by atoms with Crippen molar-refractivity contribution >= 4 is 40.9 Å². The number of hydrogen-bond donors (Lipinski definition) is 4. The number of piperidine rings is 1. The van der Waals surface area contributed by atoms with Crippen molar-refractivity contribution in [3.05, 3.63) is 83.6 Å². The van der Waals surface area contributed by atoms with Crippen LogP contribution in [0.4, 0.5) is 43.5 Å². The molecule has 0 bridgehead atoms. The van der Waals surface area contributed by atoms with Crippen molar-refractivity contribution in [1.82, 2.24) is 9.88 Å². The Morgan fingerprint density at radius 2 is 1.41 bits per heavy atom. The molecule has 49 heavy (non-hydrogen) atoms. The van der Waals surface area contributed by atoms with Gasteiger partial charge in [0.25, 0.3) is 5.91 Å². The summed E-state index contributed by atoms with van der Waals surface area (Å²) in [7, 11) is 2.17. The smallest absolute Gasteiger partial charge is 0.475 e. The Labute approximate surface area is 277 Å². The molecule has 17 heteroatoms. The second-order valence-electron chi connectivity index (χ2n) is 10.8. The van der Waals surface area contributed by atoms with Crippen molar-refractivity contribution in [2.24, 2.45) is 0 Å². The summed E-state index contributed by atoms with van der Waals surface area (Å²) in [6, 6.07) is 19.9. The predicted octanol–water partition coefficient (Wildman–Crippen LogP) is 5.97. The van der Waals surface area contributed by atoms with E-state index in [1.807, 2.05) is 55.5 Å². The lowest BCUT2D eigenvalue weighted by molar-refractivity contribution is -0.193. The minimum absolute atomic E-state index is 0.0599. The van der Waals surface area contributed by atoms with Gasteiger partial charge in [0, 0.05) is 61.8 Å². The molecule has 1 fully saturated rings. The lowest BCUT2D eigenvalue weighted by Crippen LogP contribution is -2.43. The number of hydrogen-bond acceptors (Lipinski definition) is 7. The summed E-state index contributed by atoms with van der Waals surface area (Å²) in [5.41, 5.74) is 4.51. The van der Waals surface area contributed by atoms with Gasteiger partial charge in [0.1, 0.15) is 5.82 Å². The Morgan fingerprint density at radius 1 is 0.857 bits per heavy atom. The lowest BCUT2D eigenvalue weighted by Gasteiger charge is -2.37. The van der Waals surface area contributed by atoms with Crippen molar-refractivity contribution in [3.63, 3.8) is 0 Å². The van der Waals surface area contributed by atoms with Crippen molar-refractivity contribution in [2.45, 2.75) is 51.6 Å². The molecule has 1 aromatic heterocycles. The van der Waals surface area contributed by atoms with Crippen LogP contribution < -0.4 is 15.5 Å². The van der Waals surface area contributed by atoms with Crippen LogP contribution in [-0.2, 0) is 20.9 Å². The van der Waals surface area contributed by atoms with Gasteiger partial charge in [-0.05, 0) is 62.7 Å². The van der Waals surface area contributed by atoms with Gasteiger partial charge in [-0.2, -0.15) is 26.3 Å². The Balaban J connectivity index is 0.000000500. The SMILES string of the molecule is CC(=O)Nc1ccc(CN(C)C2CCN(c3cc(NC(=O)c4cccc(C)c4)ccn3)CC2)cc1.O=C(O)C(F)(F)F.O=C(O)C(F)(F)F. The van der Waals surface area contributed by atoms with Gasteiger partial charge >= 0.3 is 24.3 Å². The minimum Gasteiger partial charge on any atom is -0.475 e. The first-order valence-corrected chi connectivity index (χ1v) is 14.5. The van der Waals surface area contributed by atoms with E-state index in [0.717, 1.165) is 55.2 Å². The molecule has 1 aliphatic rings. The molecule has 11 nitrogen and oxygen atoms in total. The molecular weight excluding hydrogens is 664 g/mol. The number of nitrogens with zero attached hydrogens (tertiary/aromatic N) is 3. The van der Waals surface area contributed by atoms with E-state index in [2.05, 4.69) is 44.6 Å². The monoisotopic (exact) mass is 699 g/mol. The largest absolute Gasteiger partial charge is 0.490 e. The highest BCUT2D eigenvalue weighted by atomic mass is 19.4. The number of rotatable bonds is 7. The van der Waals surface area contributed by atoms with Crippen LogP contribution in [0.2, 0.25) is 0 Å². The molecule has 1 saturated heterocycles. The number of alkyl halides is 6. The summed E-state index contributed by atoms with van der Waals surface area (Å²) in [5.74, 6) is -4.80. The average molecular weight is 700 g/mol. The molecule has 0 radical (unpaired) electrons. The second kappa shape index (κ2) is 17.8. The number of carbonyl (C=O) groups is 4. The Morgan fingerprint density at radius 3 is 1.90 bits per heavy atom. The number of anilines is 3. The van der Waals surface area contributed by atoms with Crippen LogP contribution in [0.3, 0.4) is 0 Å². The van der Waals surface area contributed by atoms with Crippen LogP contribution in [0.5, 0.6) is 0 Å². The number of nitrogens with one attached hydrogen (secondary N) is 2. The van der Waals surface area contributed by atoms with Crippen molar-refractivity contribution in [1.29, 1.82) is 0 Å². The summed E-state index contributed by atoms with van der Waals surface area (Å²) in [5, 5.41) is 20.1. The van der Waals surface area contributed by atoms with E-state index >= 15 is 0 Å². The number of pyridine rings is 1. The number of carboxylic acids is 2. The third-order valence-electron chi connectivity index (χ3n) is 6.89. The van der Waals surface area contributed by atoms with Gasteiger partial charge in [-0.1, -0.05) is 29.8 Å². The second-order valence-corrected chi connectivity index (χ2v) is 10.8. The highest BCUT2D eigenvalue weighted by molar-refractivity contribution is 6.04. The van der Waals surface area contributed by atoms with Crippen LogP contribution in [-0.4, -0.2) is 82.4 Å². The highest BCUT2D eigenvalue weighted by Gasteiger charge is 2.38. The van der Waals surface area contributed by atoms with Gasteiger partial charge in [0.05, 0.1) is 0 Å². The number of benzene rings is 2. The third-order valence-corrected chi connectivity index (χ3v) is 6.89. The number of carboxylic acid groups (broad SMARTS) is 2. The van der Waals surface area contributed by atoms with Crippen molar-refractivity contribution in [3.8, 4) is 0 Å². The lowest BCUT2D eigenvalue weighted by atomic mass is 10.0. The molecule has 2 amide bonds. The van der Waals surface area contributed by atoms with E-state index in [-0.39, 0.29) is 11.8 Å². The zero-order chi connectivity index (χ0) is 36.9. The van der Waals surface area contributed by atoms with Crippen LogP contribution in [0.15, 0.2) is 66.9 Å². The van der Waals surface area contributed by atoms with E-state index in [9.17, 15) is 35.9 Å². The Kier molecular flexibility index (Phi) is 14.5. The van der Waals surface area contributed by atoms with Crippen molar-refractivity contribution < 1.29 is 55.7 Å². The molecular formula is C32H35F6N5O6. The van der Waals surface area contributed by atoms with E-state index in [1.165, 1.54) is 12.5 Å². The molecule has 0 spiro atoms. The fraction of sp³-hybridized carbons (Fsp3) is 0.344. The van der Waals surface area contributed by atoms with E-state index in [4.69, 9.17) is 19.8 Å².